The number of alkyl halides is 1. The number of pyridine rings is 1. The number of carbonyl (C=O) groups excluding carboxylic acids is 1. The smallest absolute Gasteiger partial charge is 0.253 e. The summed E-state index contributed by atoms with van der Waals surface area (Å²) >= 11 is 3.47. The number of hydrogen-bond acceptors (Lipinski definition) is 2. The predicted molar refractivity (Wildman–Crippen MR) is 66.8 cm³/mol. The minimum Gasteiger partial charge on any atom is -0.346 e. The zero-order valence-corrected chi connectivity index (χ0v) is 10.9. The molecule has 0 unspecified atom stereocenters. The van der Waals surface area contributed by atoms with Gasteiger partial charge in [0.15, 0.2) is 0 Å². The number of aryl methyl sites for hydroxylation is 1. The fourth-order valence-electron chi connectivity index (χ4n) is 1.89. The van der Waals surface area contributed by atoms with Crippen LogP contribution in [0.4, 0.5) is 0 Å². The van der Waals surface area contributed by atoms with E-state index in [9.17, 15) is 4.79 Å². The largest absolute Gasteiger partial charge is 0.346 e. The van der Waals surface area contributed by atoms with Crippen LogP contribution in [0.3, 0.4) is 0 Å². The van der Waals surface area contributed by atoms with Crippen molar-refractivity contribution in [3.05, 3.63) is 29.6 Å². The maximum Gasteiger partial charge on any atom is 0.253 e. The van der Waals surface area contributed by atoms with E-state index in [1.165, 1.54) is 6.42 Å². The van der Waals surface area contributed by atoms with Crippen LogP contribution in [0, 0.1) is 6.92 Å². The lowest BCUT2D eigenvalue weighted by Gasteiger charge is -2.41. The van der Waals surface area contributed by atoms with Crippen molar-refractivity contribution in [3.8, 4) is 0 Å². The van der Waals surface area contributed by atoms with E-state index in [1.807, 2.05) is 13.0 Å². The van der Waals surface area contributed by atoms with E-state index in [1.54, 1.807) is 12.4 Å². The summed E-state index contributed by atoms with van der Waals surface area (Å²) in [7, 11) is 0. The second-order valence-electron chi connectivity index (χ2n) is 4.47. The van der Waals surface area contributed by atoms with Gasteiger partial charge in [-0.1, -0.05) is 15.9 Å². The summed E-state index contributed by atoms with van der Waals surface area (Å²) < 4.78 is 0. The van der Waals surface area contributed by atoms with Crippen molar-refractivity contribution in [2.45, 2.75) is 31.7 Å². The molecular formula is C12H15BrN2O. The standard InChI is InChI=1S/C12H15BrN2O/c1-9-5-10(7-14-6-9)11(16)15-12(8-13)3-2-4-12/h5-7H,2-4,8H2,1H3,(H,15,16). The van der Waals surface area contributed by atoms with Crippen LogP contribution in [0.1, 0.15) is 35.2 Å². The topological polar surface area (TPSA) is 42.0 Å². The Hall–Kier alpha value is -0.900. The number of aromatic nitrogens is 1. The van der Waals surface area contributed by atoms with Gasteiger partial charge in [0.1, 0.15) is 0 Å². The van der Waals surface area contributed by atoms with E-state index in [0.717, 1.165) is 23.7 Å². The van der Waals surface area contributed by atoms with Crippen LogP contribution in [0.5, 0.6) is 0 Å². The lowest BCUT2D eigenvalue weighted by molar-refractivity contribution is 0.0856. The summed E-state index contributed by atoms with van der Waals surface area (Å²) in [5.41, 5.74) is 1.63. The van der Waals surface area contributed by atoms with Gasteiger partial charge in [-0.15, -0.1) is 0 Å². The molecule has 1 aliphatic rings. The fourth-order valence-corrected chi connectivity index (χ4v) is 2.59. The van der Waals surface area contributed by atoms with E-state index in [4.69, 9.17) is 0 Å². The maximum absolute atomic E-state index is 12.0. The average molecular weight is 283 g/mol. The summed E-state index contributed by atoms with van der Waals surface area (Å²) in [6.07, 6.45) is 6.67. The summed E-state index contributed by atoms with van der Waals surface area (Å²) in [5.74, 6) is -0.0182. The first kappa shape index (κ1) is 11.6. The van der Waals surface area contributed by atoms with E-state index in [2.05, 4.69) is 26.2 Å². The van der Waals surface area contributed by atoms with Crippen molar-refractivity contribution >= 4 is 21.8 Å². The van der Waals surface area contributed by atoms with Gasteiger partial charge < -0.3 is 5.32 Å². The van der Waals surface area contributed by atoms with Crippen molar-refractivity contribution in [2.75, 3.05) is 5.33 Å². The summed E-state index contributed by atoms with van der Waals surface area (Å²) in [6.45, 7) is 1.94. The molecule has 1 heterocycles. The van der Waals surface area contributed by atoms with Crippen LogP contribution >= 0.6 is 15.9 Å². The SMILES string of the molecule is Cc1cncc(C(=O)NC2(CBr)CCC2)c1. The minimum atomic E-state index is -0.0270. The van der Waals surface area contributed by atoms with Crippen LogP contribution in [0.2, 0.25) is 0 Å². The molecule has 86 valence electrons. The number of rotatable bonds is 3. The van der Waals surface area contributed by atoms with Crippen LogP contribution in [-0.2, 0) is 0 Å². The van der Waals surface area contributed by atoms with Gasteiger partial charge in [-0.25, -0.2) is 0 Å². The molecule has 1 aliphatic carbocycles. The van der Waals surface area contributed by atoms with Gasteiger partial charge in [0.05, 0.1) is 11.1 Å². The molecule has 1 aromatic rings. The van der Waals surface area contributed by atoms with Crippen molar-refractivity contribution in [1.29, 1.82) is 0 Å². The van der Waals surface area contributed by atoms with Crippen molar-refractivity contribution in [3.63, 3.8) is 0 Å². The van der Waals surface area contributed by atoms with Gasteiger partial charge in [-0.05, 0) is 37.8 Å². The first-order chi connectivity index (χ1) is 7.65. The molecule has 0 spiro atoms. The van der Waals surface area contributed by atoms with Crippen LogP contribution in [0.25, 0.3) is 0 Å². The number of carbonyl (C=O) groups is 1. The second-order valence-corrected chi connectivity index (χ2v) is 5.03. The molecule has 0 radical (unpaired) electrons. The van der Waals surface area contributed by atoms with Crippen molar-refractivity contribution in [1.82, 2.24) is 10.3 Å². The number of hydrogen-bond donors (Lipinski definition) is 1. The number of amides is 1. The third-order valence-electron chi connectivity index (χ3n) is 3.08. The van der Waals surface area contributed by atoms with Gasteiger partial charge in [-0.3, -0.25) is 9.78 Å². The summed E-state index contributed by atoms with van der Waals surface area (Å²) in [5, 5.41) is 3.92. The van der Waals surface area contributed by atoms with E-state index < -0.39 is 0 Å². The molecular weight excluding hydrogens is 268 g/mol. The Bertz CT molecular complexity index is 396. The molecule has 1 saturated carbocycles. The monoisotopic (exact) mass is 282 g/mol. The first-order valence-corrected chi connectivity index (χ1v) is 6.57. The highest BCUT2D eigenvalue weighted by Gasteiger charge is 2.37. The summed E-state index contributed by atoms with van der Waals surface area (Å²) in [6, 6.07) is 1.86. The Labute approximate surface area is 104 Å². The van der Waals surface area contributed by atoms with Gasteiger partial charge >= 0.3 is 0 Å². The zero-order chi connectivity index (χ0) is 11.6. The molecule has 0 bridgehead atoms. The second kappa shape index (κ2) is 4.53. The Balaban J connectivity index is 2.08. The van der Waals surface area contributed by atoms with E-state index in [-0.39, 0.29) is 11.4 Å². The van der Waals surface area contributed by atoms with Crippen LogP contribution < -0.4 is 5.32 Å². The average Bonchev–Trinajstić information content (AvgIpc) is 2.23. The normalized spacial score (nSPS) is 17.6. The molecule has 16 heavy (non-hydrogen) atoms. The van der Waals surface area contributed by atoms with Gasteiger partial charge in [0.2, 0.25) is 0 Å². The van der Waals surface area contributed by atoms with E-state index in [0.29, 0.717) is 5.56 Å². The molecule has 4 heteroatoms. The fraction of sp³-hybridized carbons (Fsp3) is 0.500. The van der Waals surface area contributed by atoms with Crippen LogP contribution in [0.15, 0.2) is 18.5 Å². The molecule has 1 N–H and O–H groups in total. The van der Waals surface area contributed by atoms with Crippen molar-refractivity contribution in [2.24, 2.45) is 0 Å². The molecule has 3 nitrogen and oxygen atoms in total. The third-order valence-corrected chi connectivity index (χ3v) is 4.16. The first-order valence-electron chi connectivity index (χ1n) is 5.45. The predicted octanol–water partition coefficient (Wildman–Crippen LogP) is 2.44. The van der Waals surface area contributed by atoms with Gasteiger partial charge in [0, 0.05) is 17.7 Å². The molecule has 1 amide bonds. The minimum absolute atomic E-state index is 0.0182. The Morgan fingerprint density at radius 2 is 2.31 bits per heavy atom. The zero-order valence-electron chi connectivity index (χ0n) is 9.29. The lowest BCUT2D eigenvalue weighted by atomic mass is 9.78. The van der Waals surface area contributed by atoms with Crippen molar-refractivity contribution < 1.29 is 4.79 Å². The molecule has 0 aromatic carbocycles. The quantitative estimate of drug-likeness (QED) is 0.866. The molecule has 2 rings (SSSR count). The third kappa shape index (κ3) is 2.26. The highest BCUT2D eigenvalue weighted by molar-refractivity contribution is 9.09. The van der Waals surface area contributed by atoms with Crippen LogP contribution in [-0.4, -0.2) is 21.8 Å². The maximum atomic E-state index is 12.0. The summed E-state index contributed by atoms with van der Waals surface area (Å²) in [4.78, 5) is 16.0. The Kier molecular flexibility index (Phi) is 3.28. The Morgan fingerprint density at radius 3 is 2.81 bits per heavy atom. The molecule has 1 fully saturated rings. The Morgan fingerprint density at radius 1 is 1.56 bits per heavy atom. The number of nitrogens with one attached hydrogen (secondary N) is 1. The number of nitrogens with zero attached hydrogens (tertiary/aromatic N) is 1. The van der Waals surface area contributed by atoms with Gasteiger partial charge in [0.25, 0.3) is 5.91 Å². The highest BCUT2D eigenvalue weighted by Crippen LogP contribution is 2.33. The van der Waals surface area contributed by atoms with E-state index >= 15 is 0 Å². The molecule has 0 saturated heterocycles. The molecule has 0 aliphatic heterocycles. The highest BCUT2D eigenvalue weighted by atomic mass is 79.9. The molecule has 0 atom stereocenters. The van der Waals surface area contributed by atoms with Gasteiger partial charge in [-0.2, -0.15) is 0 Å². The number of halogens is 1. The molecule has 1 aromatic heterocycles. The lowest BCUT2D eigenvalue weighted by Crippen LogP contribution is -2.54.